The Morgan fingerprint density at radius 2 is 1.72 bits per heavy atom. The molecule has 0 spiro atoms. The van der Waals surface area contributed by atoms with Gasteiger partial charge in [0, 0.05) is 38.4 Å². The van der Waals surface area contributed by atoms with E-state index in [0.29, 0.717) is 31.1 Å². The van der Waals surface area contributed by atoms with Crippen molar-refractivity contribution in [1.82, 2.24) is 19.4 Å². The molecule has 1 amide bonds. The molecule has 0 N–H and O–H groups in total. The molecule has 2 aromatic carbocycles. The predicted molar refractivity (Wildman–Crippen MR) is 108 cm³/mol. The molecular formula is C22H23FN4O2. The van der Waals surface area contributed by atoms with E-state index in [1.165, 1.54) is 12.1 Å². The van der Waals surface area contributed by atoms with Crippen molar-refractivity contribution in [1.29, 1.82) is 0 Å². The summed E-state index contributed by atoms with van der Waals surface area (Å²) in [5.41, 5.74) is 1.20. The van der Waals surface area contributed by atoms with Crippen LogP contribution in [0, 0.1) is 5.82 Å². The molecule has 1 aromatic heterocycles. The van der Waals surface area contributed by atoms with Gasteiger partial charge in [-0.25, -0.2) is 9.37 Å². The van der Waals surface area contributed by atoms with Gasteiger partial charge in [0.05, 0.1) is 12.5 Å². The van der Waals surface area contributed by atoms with Gasteiger partial charge in [0.15, 0.2) is 0 Å². The van der Waals surface area contributed by atoms with Gasteiger partial charge in [0.2, 0.25) is 0 Å². The summed E-state index contributed by atoms with van der Waals surface area (Å²) in [7, 11) is 0. The number of halogens is 1. The summed E-state index contributed by atoms with van der Waals surface area (Å²) in [4.78, 5) is 21.2. The first-order valence-corrected chi connectivity index (χ1v) is 9.68. The average Bonchev–Trinajstić information content (AvgIpc) is 3.25. The molecule has 0 bridgehead atoms. The van der Waals surface area contributed by atoms with Gasteiger partial charge >= 0.3 is 0 Å². The van der Waals surface area contributed by atoms with Crippen LogP contribution >= 0.6 is 0 Å². The van der Waals surface area contributed by atoms with Crippen molar-refractivity contribution < 1.29 is 13.9 Å². The number of carbonyl (C=O) groups is 1. The summed E-state index contributed by atoms with van der Waals surface area (Å²) in [5, 5.41) is 0. The predicted octanol–water partition coefficient (Wildman–Crippen LogP) is 2.85. The van der Waals surface area contributed by atoms with Crippen molar-refractivity contribution in [3.8, 4) is 11.4 Å². The second-order valence-corrected chi connectivity index (χ2v) is 6.92. The minimum Gasteiger partial charge on any atom is -0.492 e. The first kappa shape index (κ1) is 19.1. The van der Waals surface area contributed by atoms with Crippen molar-refractivity contribution in [3.63, 3.8) is 0 Å². The third kappa shape index (κ3) is 4.63. The molecule has 1 fully saturated rings. The van der Waals surface area contributed by atoms with Crippen molar-refractivity contribution in [2.24, 2.45) is 0 Å². The quantitative estimate of drug-likeness (QED) is 0.645. The average molecular weight is 394 g/mol. The molecule has 0 aliphatic carbocycles. The van der Waals surface area contributed by atoms with E-state index in [0.717, 1.165) is 25.4 Å². The molecule has 6 nitrogen and oxygen atoms in total. The first-order valence-electron chi connectivity index (χ1n) is 9.68. The highest BCUT2D eigenvalue weighted by atomic mass is 19.1. The molecule has 0 radical (unpaired) electrons. The number of nitrogens with zero attached hydrogens (tertiary/aromatic N) is 4. The molecule has 29 heavy (non-hydrogen) atoms. The van der Waals surface area contributed by atoms with E-state index in [-0.39, 0.29) is 11.7 Å². The van der Waals surface area contributed by atoms with Crippen LogP contribution in [0.3, 0.4) is 0 Å². The summed E-state index contributed by atoms with van der Waals surface area (Å²) in [6.45, 7) is 4.35. The van der Waals surface area contributed by atoms with Gasteiger partial charge in [-0.05, 0) is 36.4 Å². The number of imidazole rings is 1. The van der Waals surface area contributed by atoms with E-state index in [2.05, 4.69) is 9.88 Å². The highest BCUT2D eigenvalue weighted by Gasteiger charge is 2.24. The zero-order valence-electron chi connectivity index (χ0n) is 16.1. The summed E-state index contributed by atoms with van der Waals surface area (Å²) >= 11 is 0. The summed E-state index contributed by atoms with van der Waals surface area (Å²) in [6.07, 6.45) is 3.14. The molecule has 1 aliphatic heterocycles. The number of carbonyl (C=O) groups excluding carboxylic acids is 1. The van der Waals surface area contributed by atoms with Crippen molar-refractivity contribution in [2.45, 2.75) is 0 Å². The van der Waals surface area contributed by atoms with Crippen LogP contribution in [0.2, 0.25) is 0 Å². The van der Waals surface area contributed by atoms with E-state index in [1.807, 2.05) is 35.2 Å². The number of ether oxygens (including phenoxy) is 1. The van der Waals surface area contributed by atoms with E-state index >= 15 is 0 Å². The molecule has 1 aliphatic rings. The van der Waals surface area contributed by atoms with Crippen LogP contribution in [-0.4, -0.2) is 64.6 Å². The highest BCUT2D eigenvalue weighted by Crippen LogP contribution is 2.15. The van der Waals surface area contributed by atoms with E-state index in [1.54, 1.807) is 29.2 Å². The SMILES string of the molecule is O=C(c1cncn1-c1ccc(F)cc1)N1CCN(CCOc2ccccc2)CC1. The smallest absolute Gasteiger partial charge is 0.272 e. The van der Waals surface area contributed by atoms with Crippen molar-refractivity contribution >= 4 is 5.91 Å². The van der Waals surface area contributed by atoms with Gasteiger partial charge < -0.3 is 9.64 Å². The maximum absolute atomic E-state index is 13.2. The van der Waals surface area contributed by atoms with Gasteiger partial charge in [0.1, 0.15) is 23.9 Å². The number of rotatable bonds is 6. The summed E-state index contributed by atoms with van der Waals surface area (Å²) in [5.74, 6) is 0.497. The van der Waals surface area contributed by atoms with Gasteiger partial charge in [-0.15, -0.1) is 0 Å². The van der Waals surface area contributed by atoms with Gasteiger partial charge in [-0.1, -0.05) is 18.2 Å². The molecule has 1 saturated heterocycles. The molecule has 0 saturated carbocycles. The second-order valence-electron chi connectivity index (χ2n) is 6.92. The molecule has 3 aromatic rings. The maximum atomic E-state index is 13.2. The van der Waals surface area contributed by atoms with Crippen LogP contribution in [0.1, 0.15) is 10.5 Å². The number of piperazine rings is 1. The Morgan fingerprint density at radius 3 is 2.45 bits per heavy atom. The number of aromatic nitrogens is 2. The lowest BCUT2D eigenvalue weighted by molar-refractivity contribution is 0.0612. The van der Waals surface area contributed by atoms with Gasteiger partial charge in [0.25, 0.3) is 5.91 Å². The fourth-order valence-electron chi connectivity index (χ4n) is 3.41. The number of amides is 1. The van der Waals surface area contributed by atoms with E-state index < -0.39 is 0 Å². The summed E-state index contributed by atoms with van der Waals surface area (Å²) in [6, 6.07) is 15.8. The molecule has 0 unspecified atom stereocenters. The Labute approximate surface area is 169 Å². The van der Waals surface area contributed by atoms with Crippen molar-refractivity contribution in [3.05, 3.63) is 78.6 Å². The lowest BCUT2D eigenvalue weighted by atomic mass is 10.2. The molecule has 4 rings (SSSR count). The molecule has 2 heterocycles. The second kappa shape index (κ2) is 8.87. The van der Waals surface area contributed by atoms with Gasteiger partial charge in [-0.3, -0.25) is 14.3 Å². The summed E-state index contributed by atoms with van der Waals surface area (Å²) < 4.78 is 20.6. The zero-order valence-corrected chi connectivity index (χ0v) is 16.1. The van der Waals surface area contributed by atoms with E-state index in [9.17, 15) is 9.18 Å². The Kier molecular flexibility index (Phi) is 5.86. The van der Waals surface area contributed by atoms with Gasteiger partial charge in [-0.2, -0.15) is 0 Å². The fraction of sp³-hybridized carbons (Fsp3) is 0.273. The molecule has 0 atom stereocenters. The van der Waals surface area contributed by atoms with Crippen LogP contribution in [0.25, 0.3) is 5.69 Å². The van der Waals surface area contributed by atoms with E-state index in [4.69, 9.17) is 4.74 Å². The van der Waals surface area contributed by atoms with Crippen LogP contribution < -0.4 is 4.74 Å². The molecule has 7 heteroatoms. The number of para-hydroxylation sites is 1. The largest absolute Gasteiger partial charge is 0.492 e. The minimum absolute atomic E-state index is 0.0630. The highest BCUT2D eigenvalue weighted by molar-refractivity contribution is 5.93. The van der Waals surface area contributed by atoms with Crippen LogP contribution in [0.15, 0.2) is 67.1 Å². The number of hydrogen-bond acceptors (Lipinski definition) is 4. The third-order valence-electron chi connectivity index (χ3n) is 5.04. The Morgan fingerprint density at radius 1 is 1.00 bits per heavy atom. The Bertz CT molecular complexity index is 935. The normalized spacial score (nSPS) is 14.7. The standard InChI is InChI=1S/C22H23FN4O2/c23-18-6-8-19(9-7-18)27-17-24-16-21(27)22(28)26-12-10-25(11-13-26)14-15-29-20-4-2-1-3-5-20/h1-9,16-17H,10-15H2. The minimum atomic E-state index is -0.311. The lowest BCUT2D eigenvalue weighted by Crippen LogP contribution is -2.49. The zero-order chi connectivity index (χ0) is 20.1. The number of benzene rings is 2. The Hall–Kier alpha value is -3.19. The molecule has 150 valence electrons. The third-order valence-corrected chi connectivity index (χ3v) is 5.04. The molecular weight excluding hydrogens is 371 g/mol. The van der Waals surface area contributed by atoms with Crippen molar-refractivity contribution in [2.75, 3.05) is 39.3 Å². The maximum Gasteiger partial charge on any atom is 0.272 e. The monoisotopic (exact) mass is 394 g/mol. The van der Waals surface area contributed by atoms with Crippen LogP contribution in [-0.2, 0) is 0 Å². The lowest BCUT2D eigenvalue weighted by Gasteiger charge is -2.34. The first-order chi connectivity index (χ1) is 14.2. The topological polar surface area (TPSA) is 50.6 Å². The van der Waals surface area contributed by atoms with Crippen LogP contribution in [0.5, 0.6) is 5.75 Å². The Balaban J connectivity index is 1.31. The fourth-order valence-corrected chi connectivity index (χ4v) is 3.41. The number of hydrogen-bond donors (Lipinski definition) is 0. The van der Waals surface area contributed by atoms with Crippen LogP contribution in [0.4, 0.5) is 4.39 Å².